The summed E-state index contributed by atoms with van der Waals surface area (Å²) in [6.07, 6.45) is -4.67. The van der Waals surface area contributed by atoms with Crippen LogP contribution in [0.4, 0.5) is 17.6 Å². The minimum absolute atomic E-state index is 0.128. The quantitative estimate of drug-likeness (QED) is 0.321. The Morgan fingerprint density at radius 1 is 1.25 bits per heavy atom. The number of hydrogen-bond donors (Lipinski definition) is 2. The van der Waals surface area contributed by atoms with Gasteiger partial charge in [0.05, 0.1) is 25.3 Å². The van der Waals surface area contributed by atoms with E-state index in [1.807, 2.05) is 0 Å². The molecule has 11 heteroatoms. The van der Waals surface area contributed by atoms with E-state index in [0.717, 1.165) is 18.0 Å². The lowest BCUT2D eigenvalue weighted by Crippen LogP contribution is -2.39. The summed E-state index contributed by atoms with van der Waals surface area (Å²) in [5.74, 6) is 0.685. The third-order valence-electron chi connectivity index (χ3n) is 3.98. The number of ether oxygens (including phenoxy) is 1. The maximum atomic E-state index is 13.2. The minimum atomic E-state index is -4.67. The average Bonchev–Trinajstić information content (AvgIpc) is 2.95. The Balaban J connectivity index is 2.16. The van der Waals surface area contributed by atoms with Crippen LogP contribution in [-0.4, -0.2) is 41.0 Å². The van der Waals surface area contributed by atoms with Crippen LogP contribution in [0.25, 0.3) is 0 Å². The maximum absolute atomic E-state index is 13.2. The molecule has 154 valence electrons. The Bertz CT molecular complexity index is 818. The molecule has 1 aromatic heterocycles. The number of benzene rings is 1. The van der Waals surface area contributed by atoms with E-state index in [0.29, 0.717) is 25.0 Å². The van der Waals surface area contributed by atoms with Gasteiger partial charge in [0.25, 0.3) is 0 Å². The van der Waals surface area contributed by atoms with Crippen LogP contribution in [0.2, 0.25) is 0 Å². The fourth-order valence-electron chi connectivity index (χ4n) is 2.33. The van der Waals surface area contributed by atoms with Gasteiger partial charge in [-0.25, -0.2) is 9.38 Å². The van der Waals surface area contributed by atoms with Crippen LogP contribution in [0.5, 0.6) is 0 Å². The van der Waals surface area contributed by atoms with E-state index in [9.17, 15) is 17.6 Å². The number of aliphatic imine (C=N–C) groups is 1. The number of aryl methyl sites for hydroxylation is 1. The van der Waals surface area contributed by atoms with Gasteiger partial charge >= 0.3 is 6.18 Å². The number of guanidine groups is 1. The van der Waals surface area contributed by atoms with Crippen molar-refractivity contribution in [2.45, 2.75) is 26.2 Å². The molecule has 0 unspecified atom stereocenters. The fourth-order valence-corrected chi connectivity index (χ4v) is 2.33. The molecule has 0 radical (unpaired) electrons. The predicted octanol–water partition coefficient (Wildman–Crippen LogP) is 2.16. The van der Waals surface area contributed by atoms with Crippen LogP contribution in [0, 0.1) is 12.7 Å². The topological polar surface area (TPSA) is 76.4 Å². The number of nitrogens with zero attached hydrogens (tertiary/aromatic N) is 4. The van der Waals surface area contributed by atoms with Gasteiger partial charge in [-0.15, -0.1) is 10.2 Å². The maximum Gasteiger partial charge on any atom is 0.416 e. The third kappa shape index (κ3) is 5.91. The summed E-state index contributed by atoms with van der Waals surface area (Å²) >= 11 is 0. The van der Waals surface area contributed by atoms with Crippen LogP contribution in [0.15, 0.2) is 23.2 Å². The fraction of sp³-hybridized carbons (Fsp3) is 0.471. The summed E-state index contributed by atoms with van der Waals surface area (Å²) in [5, 5.41) is 13.9. The first-order valence-electron chi connectivity index (χ1n) is 8.44. The Labute approximate surface area is 159 Å². The molecule has 0 aliphatic carbocycles. The number of aromatic nitrogens is 3. The average molecular weight is 402 g/mol. The summed E-state index contributed by atoms with van der Waals surface area (Å²) in [6, 6.07) is 2.53. The van der Waals surface area contributed by atoms with Crippen molar-refractivity contribution in [1.82, 2.24) is 25.4 Å². The van der Waals surface area contributed by atoms with Crippen molar-refractivity contribution in [2.24, 2.45) is 12.0 Å². The van der Waals surface area contributed by atoms with Gasteiger partial charge < -0.3 is 19.9 Å². The zero-order valence-electron chi connectivity index (χ0n) is 15.8. The first kappa shape index (κ1) is 21.6. The molecule has 0 fully saturated rings. The van der Waals surface area contributed by atoms with Crippen molar-refractivity contribution in [2.75, 3.05) is 20.3 Å². The number of alkyl halides is 3. The lowest BCUT2D eigenvalue weighted by molar-refractivity contribution is -0.138. The van der Waals surface area contributed by atoms with Gasteiger partial charge in [0.15, 0.2) is 11.8 Å². The normalized spacial score (nSPS) is 12.3. The van der Waals surface area contributed by atoms with E-state index in [1.165, 1.54) is 7.11 Å². The highest BCUT2D eigenvalue weighted by molar-refractivity contribution is 5.79. The van der Waals surface area contributed by atoms with Crippen molar-refractivity contribution in [3.63, 3.8) is 0 Å². The molecule has 0 saturated heterocycles. The first-order valence-corrected chi connectivity index (χ1v) is 8.44. The second-order valence-corrected chi connectivity index (χ2v) is 5.96. The monoisotopic (exact) mass is 402 g/mol. The molecule has 1 aromatic carbocycles. The van der Waals surface area contributed by atoms with E-state index in [4.69, 9.17) is 4.74 Å². The highest BCUT2D eigenvalue weighted by Crippen LogP contribution is 2.32. The van der Waals surface area contributed by atoms with Crippen LogP contribution in [0.1, 0.15) is 22.8 Å². The zero-order valence-corrected chi connectivity index (χ0v) is 15.8. The van der Waals surface area contributed by atoms with Crippen LogP contribution < -0.4 is 10.6 Å². The number of nitrogens with one attached hydrogen (secondary N) is 2. The molecule has 2 rings (SSSR count). The van der Waals surface area contributed by atoms with E-state index in [-0.39, 0.29) is 24.6 Å². The summed E-state index contributed by atoms with van der Waals surface area (Å²) < 4.78 is 59.4. The lowest BCUT2D eigenvalue weighted by atomic mass is 10.1. The molecular formula is C17H22F4N6O. The van der Waals surface area contributed by atoms with Crippen molar-refractivity contribution < 1.29 is 22.3 Å². The summed E-state index contributed by atoms with van der Waals surface area (Å²) in [7, 11) is 3.33. The largest absolute Gasteiger partial charge is 0.416 e. The molecule has 2 aromatic rings. The summed E-state index contributed by atoms with van der Waals surface area (Å²) in [5.41, 5.74) is -1.17. The first-order chi connectivity index (χ1) is 13.2. The summed E-state index contributed by atoms with van der Waals surface area (Å²) in [4.78, 5) is 4.18. The molecule has 0 aliphatic heterocycles. The number of methoxy groups -OCH3 is 1. The van der Waals surface area contributed by atoms with E-state index < -0.39 is 17.6 Å². The van der Waals surface area contributed by atoms with E-state index in [2.05, 4.69) is 25.8 Å². The van der Waals surface area contributed by atoms with Crippen molar-refractivity contribution in [3.8, 4) is 0 Å². The van der Waals surface area contributed by atoms with Crippen LogP contribution >= 0.6 is 0 Å². The van der Waals surface area contributed by atoms with E-state index >= 15 is 0 Å². The second kappa shape index (κ2) is 9.49. The third-order valence-corrected chi connectivity index (χ3v) is 3.98. The molecule has 0 atom stereocenters. The molecule has 0 spiro atoms. The van der Waals surface area contributed by atoms with Gasteiger partial charge in [0, 0.05) is 20.7 Å². The molecule has 0 saturated carbocycles. The highest BCUT2D eigenvalue weighted by Gasteiger charge is 2.33. The Morgan fingerprint density at radius 2 is 2.00 bits per heavy atom. The standard InChI is InChI=1S/C17H22F4N6O/c1-11-25-26-15(27(11)2)10-24-16(22-6-7-28-3)23-9-12-4-5-13(18)8-14(12)17(19,20)21/h4-5,8H,6-7,9-10H2,1-3H3,(H2,22,23,24). The van der Waals surface area contributed by atoms with Crippen molar-refractivity contribution in [3.05, 3.63) is 46.8 Å². The Morgan fingerprint density at radius 3 is 2.61 bits per heavy atom. The van der Waals surface area contributed by atoms with Crippen LogP contribution in [-0.2, 0) is 31.1 Å². The number of hydrogen-bond acceptors (Lipinski definition) is 4. The summed E-state index contributed by atoms with van der Waals surface area (Å²) in [6.45, 7) is 2.57. The van der Waals surface area contributed by atoms with Gasteiger partial charge in [-0.3, -0.25) is 0 Å². The van der Waals surface area contributed by atoms with Gasteiger partial charge in [-0.2, -0.15) is 13.2 Å². The molecular weight excluding hydrogens is 380 g/mol. The van der Waals surface area contributed by atoms with Crippen molar-refractivity contribution >= 4 is 5.96 Å². The molecule has 2 N–H and O–H groups in total. The van der Waals surface area contributed by atoms with Crippen LogP contribution in [0.3, 0.4) is 0 Å². The van der Waals surface area contributed by atoms with Gasteiger partial charge in [-0.05, 0) is 24.6 Å². The number of halogens is 4. The molecule has 7 nitrogen and oxygen atoms in total. The molecule has 1 heterocycles. The zero-order chi connectivity index (χ0) is 20.7. The highest BCUT2D eigenvalue weighted by atomic mass is 19.4. The lowest BCUT2D eigenvalue weighted by Gasteiger charge is -2.14. The van der Waals surface area contributed by atoms with Gasteiger partial charge in [0.1, 0.15) is 11.6 Å². The van der Waals surface area contributed by atoms with Gasteiger partial charge in [-0.1, -0.05) is 6.07 Å². The molecule has 0 bridgehead atoms. The minimum Gasteiger partial charge on any atom is -0.383 e. The van der Waals surface area contributed by atoms with E-state index in [1.54, 1.807) is 18.5 Å². The van der Waals surface area contributed by atoms with Crippen molar-refractivity contribution in [1.29, 1.82) is 0 Å². The molecule has 0 amide bonds. The number of rotatable bonds is 7. The smallest absolute Gasteiger partial charge is 0.383 e. The SMILES string of the molecule is COCCNC(=NCc1ccc(F)cc1C(F)(F)F)NCc1nnc(C)n1C. The van der Waals surface area contributed by atoms with Gasteiger partial charge in [0.2, 0.25) is 0 Å². The Kier molecular flexibility index (Phi) is 7.32. The predicted molar refractivity (Wildman–Crippen MR) is 95.0 cm³/mol. The second-order valence-electron chi connectivity index (χ2n) is 5.96. The Hall–Kier alpha value is -2.69. The molecule has 28 heavy (non-hydrogen) atoms. The molecule has 0 aliphatic rings.